The Morgan fingerprint density at radius 2 is 1.92 bits per heavy atom. The van der Waals surface area contributed by atoms with Crippen LogP contribution < -0.4 is 4.90 Å². The van der Waals surface area contributed by atoms with Gasteiger partial charge in [0.15, 0.2) is 17.2 Å². The van der Waals surface area contributed by atoms with Crippen LogP contribution >= 0.6 is 0 Å². The first-order valence-corrected chi connectivity index (χ1v) is 8.35. The van der Waals surface area contributed by atoms with E-state index in [1.54, 1.807) is 6.20 Å². The van der Waals surface area contributed by atoms with Crippen molar-refractivity contribution in [3.05, 3.63) is 36.5 Å². The van der Waals surface area contributed by atoms with Gasteiger partial charge in [-0.2, -0.15) is 13.2 Å². The Labute approximate surface area is 147 Å². The van der Waals surface area contributed by atoms with Crippen LogP contribution in [0.2, 0.25) is 0 Å². The van der Waals surface area contributed by atoms with Gasteiger partial charge in [-0.15, -0.1) is 0 Å². The summed E-state index contributed by atoms with van der Waals surface area (Å²) in [6, 6.07) is 2.17. The lowest BCUT2D eigenvalue weighted by molar-refractivity contribution is -0.141. The van der Waals surface area contributed by atoms with Crippen LogP contribution in [-0.2, 0) is 6.18 Å². The SMILES string of the molecule is CC1CCN(c2ccnc(-c3cnc4cnc(C(F)(F)F)cn34)n2)C1C. The molecule has 3 aromatic rings. The van der Waals surface area contributed by atoms with Crippen molar-refractivity contribution in [1.82, 2.24) is 24.3 Å². The van der Waals surface area contributed by atoms with Crippen LogP contribution in [-0.4, -0.2) is 36.9 Å². The highest BCUT2D eigenvalue weighted by Gasteiger charge is 2.33. The first-order valence-electron chi connectivity index (χ1n) is 8.35. The molecule has 1 fully saturated rings. The van der Waals surface area contributed by atoms with E-state index in [4.69, 9.17) is 0 Å². The lowest BCUT2D eigenvalue weighted by Crippen LogP contribution is -2.29. The molecule has 6 nitrogen and oxygen atoms in total. The van der Waals surface area contributed by atoms with Gasteiger partial charge in [0.2, 0.25) is 0 Å². The number of halogens is 3. The fraction of sp³-hybridized carbons (Fsp3) is 0.412. The number of alkyl halides is 3. The molecule has 4 heterocycles. The zero-order chi connectivity index (χ0) is 18.5. The summed E-state index contributed by atoms with van der Waals surface area (Å²) in [5, 5.41) is 0. The summed E-state index contributed by atoms with van der Waals surface area (Å²) in [7, 11) is 0. The van der Waals surface area contributed by atoms with Gasteiger partial charge in [0.1, 0.15) is 11.5 Å². The molecule has 2 atom stereocenters. The first-order chi connectivity index (χ1) is 12.3. The second-order valence-corrected chi connectivity index (χ2v) is 6.58. The normalized spacial score (nSPS) is 20.9. The Morgan fingerprint density at radius 3 is 2.62 bits per heavy atom. The van der Waals surface area contributed by atoms with Gasteiger partial charge in [-0.1, -0.05) is 6.92 Å². The summed E-state index contributed by atoms with van der Waals surface area (Å²) in [4.78, 5) is 18.6. The van der Waals surface area contributed by atoms with Gasteiger partial charge in [-0.25, -0.2) is 19.9 Å². The van der Waals surface area contributed by atoms with Crippen molar-refractivity contribution in [3.63, 3.8) is 0 Å². The number of nitrogens with zero attached hydrogens (tertiary/aromatic N) is 6. The summed E-state index contributed by atoms with van der Waals surface area (Å²) in [5.74, 6) is 1.66. The van der Waals surface area contributed by atoms with Crippen molar-refractivity contribution in [2.45, 2.75) is 32.5 Å². The smallest absolute Gasteiger partial charge is 0.354 e. The van der Waals surface area contributed by atoms with Crippen LogP contribution in [0.5, 0.6) is 0 Å². The number of hydrogen-bond donors (Lipinski definition) is 0. The molecule has 0 aliphatic carbocycles. The van der Waals surface area contributed by atoms with Crippen molar-refractivity contribution in [2.75, 3.05) is 11.4 Å². The van der Waals surface area contributed by atoms with Gasteiger partial charge in [0.05, 0.1) is 12.4 Å². The highest BCUT2D eigenvalue weighted by molar-refractivity contribution is 5.58. The van der Waals surface area contributed by atoms with Crippen LogP contribution in [0.3, 0.4) is 0 Å². The van der Waals surface area contributed by atoms with Crippen molar-refractivity contribution in [3.8, 4) is 11.5 Å². The third-order valence-corrected chi connectivity index (χ3v) is 4.99. The topological polar surface area (TPSA) is 59.2 Å². The number of hydrogen-bond acceptors (Lipinski definition) is 5. The van der Waals surface area contributed by atoms with E-state index in [2.05, 4.69) is 38.7 Å². The van der Waals surface area contributed by atoms with Gasteiger partial charge in [-0.05, 0) is 25.3 Å². The fourth-order valence-corrected chi connectivity index (χ4v) is 3.25. The lowest BCUT2D eigenvalue weighted by Gasteiger charge is -2.24. The zero-order valence-corrected chi connectivity index (χ0v) is 14.3. The third-order valence-electron chi connectivity index (χ3n) is 4.99. The first kappa shape index (κ1) is 16.7. The van der Waals surface area contributed by atoms with E-state index in [1.807, 2.05) is 6.07 Å². The van der Waals surface area contributed by atoms with Gasteiger partial charge >= 0.3 is 6.18 Å². The molecule has 1 saturated heterocycles. The second kappa shape index (κ2) is 5.93. The zero-order valence-electron chi connectivity index (χ0n) is 14.3. The van der Waals surface area contributed by atoms with Crippen molar-refractivity contribution < 1.29 is 13.2 Å². The molecule has 0 bridgehead atoms. The minimum Gasteiger partial charge on any atom is -0.354 e. The Balaban J connectivity index is 1.77. The summed E-state index contributed by atoms with van der Waals surface area (Å²) in [6.07, 6.45) is 1.66. The number of fused-ring (bicyclic) bond motifs is 1. The Bertz CT molecular complexity index is 951. The second-order valence-electron chi connectivity index (χ2n) is 6.58. The van der Waals surface area contributed by atoms with E-state index in [0.717, 1.165) is 31.2 Å². The number of aromatic nitrogens is 5. The minimum absolute atomic E-state index is 0.310. The van der Waals surface area contributed by atoms with E-state index in [-0.39, 0.29) is 0 Å². The maximum atomic E-state index is 13.0. The minimum atomic E-state index is -4.53. The van der Waals surface area contributed by atoms with Gasteiger partial charge in [0.25, 0.3) is 0 Å². The highest BCUT2D eigenvalue weighted by atomic mass is 19.4. The van der Waals surface area contributed by atoms with E-state index < -0.39 is 11.9 Å². The van der Waals surface area contributed by atoms with Crippen LogP contribution in [0.15, 0.2) is 30.9 Å². The predicted octanol–water partition coefficient (Wildman–Crippen LogP) is 3.44. The highest BCUT2D eigenvalue weighted by Crippen LogP contribution is 2.30. The Kier molecular flexibility index (Phi) is 3.82. The number of imidazole rings is 1. The molecule has 0 amide bonds. The number of rotatable bonds is 2. The monoisotopic (exact) mass is 362 g/mol. The molecule has 4 rings (SSSR count). The fourth-order valence-electron chi connectivity index (χ4n) is 3.25. The molecule has 3 aromatic heterocycles. The van der Waals surface area contributed by atoms with Gasteiger partial charge in [0, 0.05) is 25.0 Å². The van der Waals surface area contributed by atoms with E-state index in [0.29, 0.717) is 29.1 Å². The molecule has 0 radical (unpaired) electrons. The third kappa shape index (κ3) is 2.77. The quantitative estimate of drug-likeness (QED) is 0.699. The van der Waals surface area contributed by atoms with Crippen molar-refractivity contribution >= 4 is 11.5 Å². The average Bonchev–Trinajstić information content (AvgIpc) is 3.18. The van der Waals surface area contributed by atoms with Crippen LogP contribution in [0.1, 0.15) is 26.0 Å². The summed E-state index contributed by atoms with van der Waals surface area (Å²) in [5.41, 5.74) is -0.276. The maximum Gasteiger partial charge on any atom is 0.434 e. The molecule has 136 valence electrons. The molecule has 2 unspecified atom stereocenters. The van der Waals surface area contributed by atoms with E-state index in [9.17, 15) is 13.2 Å². The summed E-state index contributed by atoms with van der Waals surface area (Å²) < 4.78 is 40.2. The Morgan fingerprint density at radius 1 is 1.12 bits per heavy atom. The molecule has 9 heteroatoms. The average molecular weight is 362 g/mol. The van der Waals surface area contributed by atoms with Crippen LogP contribution in [0.4, 0.5) is 19.0 Å². The Hall–Kier alpha value is -2.71. The maximum absolute atomic E-state index is 13.0. The van der Waals surface area contributed by atoms with E-state index >= 15 is 0 Å². The molecular weight excluding hydrogens is 345 g/mol. The molecule has 26 heavy (non-hydrogen) atoms. The van der Waals surface area contributed by atoms with Crippen LogP contribution in [0.25, 0.3) is 17.2 Å². The summed E-state index contributed by atoms with van der Waals surface area (Å²) >= 11 is 0. The summed E-state index contributed by atoms with van der Waals surface area (Å²) in [6.45, 7) is 5.24. The largest absolute Gasteiger partial charge is 0.434 e. The molecule has 0 spiro atoms. The van der Waals surface area contributed by atoms with Gasteiger partial charge < -0.3 is 4.90 Å². The van der Waals surface area contributed by atoms with E-state index in [1.165, 1.54) is 10.6 Å². The van der Waals surface area contributed by atoms with Crippen LogP contribution in [0, 0.1) is 5.92 Å². The molecule has 1 aliphatic rings. The number of anilines is 1. The standard InChI is InChI=1S/C17H17F3N6/c1-10-4-6-25(11(10)2)14-3-5-21-16(24-14)12-7-23-15-8-22-13(9-26(12)15)17(18,19)20/h3,5,7-11H,4,6H2,1-2H3. The van der Waals surface area contributed by atoms with Gasteiger partial charge in [-0.3, -0.25) is 4.40 Å². The molecule has 0 N–H and O–H groups in total. The molecule has 0 aromatic carbocycles. The molecule has 0 saturated carbocycles. The van der Waals surface area contributed by atoms with Crippen molar-refractivity contribution in [2.24, 2.45) is 5.92 Å². The lowest BCUT2D eigenvalue weighted by atomic mass is 10.1. The van der Waals surface area contributed by atoms with Crippen molar-refractivity contribution in [1.29, 1.82) is 0 Å². The molecule has 1 aliphatic heterocycles. The predicted molar refractivity (Wildman–Crippen MR) is 89.6 cm³/mol. The molecular formula is C17H17F3N6.